The second-order valence-corrected chi connectivity index (χ2v) is 3.10. The van der Waals surface area contributed by atoms with Gasteiger partial charge in [-0.2, -0.15) is 0 Å². The lowest BCUT2D eigenvalue weighted by molar-refractivity contribution is -0.183. The van der Waals surface area contributed by atoms with E-state index >= 15 is 0 Å². The molecule has 2 radical (unpaired) electrons. The first-order valence-corrected chi connectivity index (χ1v) is 3.70. The Balaban J connectivity index is 2.49. The average Bonchev–Trinajstić information content (AvgIpc) is 1.82. The molecule has 1 saturated heterocycles. The Morgan fingerprint density at radius 2 is 2.10 bits per heavy atom. The molecule has 1 heterocycles. The summed E-state index contributed by atoms with van der Waals surface area (Å²) in [5.74, 6) is 0.148. The summed E-state index contributed by atoms with van der Waals surface area (Å²) in [6.45, 7) is 3.83. The number of hydrogen-bond donors (Lipinski definition) is 1. The van der Waals surface area contributed by atoms with Gasteiger partial charge in [0, 0.05) is 5.92 Å². The van der Waals surface area contributed by atoms with E-state index < -0.39 is 6.29 Å². The van der Waals surface area contributed by atoms with Crippen molar-refractivity contribution in [3.05, 3.63) is 0 Å². The van der Waals surface area contributed by atoms with Crippen LogP contribution in [0.5, 0.6) is 0 Å². The lowest BCUT2D eigenvalue weighted by Crippen LogP contribution is -2.35. The maximum absolute atomic E-state index is 9.22. The summed E-state index contributed by atoms with van der Waals surface area (Å²) in [5.41, 5.74) is 0. The van der Waals surface area contributed by atoms with Gasteiger partial charge in [0.25, 0.3) is 0 Å². The van der Waals surface area contributed by atoms with Gasteiger partial charge in [-0.25, -0.2) is 0 Å². The molecule has 1 aliphatic rings. The molecule has 3 heteroatoms. The van der Waals surface area contributed by atoms with Gasteiger partial charge in [0.1, 0.15) is 0 Å². The van der Waals surface area contributed by atoms with Crippen molar-refractivity contribution in [1.82, 2.24) is 0 Å². The molecular weight excluding hydrogens is 127 g/mol. The van der Waals surface area contributed by atoms with Crippen LogP contribution in [0.25, 0.3) is 0 Å². The highest BCUT2D eigenvalue weighted by Gasteiger charge is 2.29. The van der Waals surface area contributed by atoms with Gasteiger partial charge in [-0.1, -0.05) is 12.7 Å². The van der Waals surface area contributed by atoms with E-state index in [1.165, 1.54) is 0 Å². The van der Waals surface area contributed by atoms with Crippen LogP contribution in [-0.2, 0) is 4.74 Å². The van der Waals surface area contributed by atoms with E-state index in [0.717, 1.165) is 6.42 Å². The van der Waals surface area contributed by atoms with Gasteiger partial charge in [-0.15, -0.1) is 0 Å². The van der Waals surface area contributed by atoms with Crippen LogP contribution in [0.1, 0.15) is 20.3 Å². The summed E-state index contributed by atoms with van der Waals surface area (Å²) in [6.07, 6.45) is 0.276. The summed E-state index contributed by atoms with van der Waals surface area (Å²) in [6, 6.07) is 0. The first kappa shape index (κ1) is 8.09. The summed E-state index contributed by atoms with van der Waals surface area (Å²) in [4.78, 5) is 0. The smallest absolute Gasteiger partial charge is 0.156 e. The van der Waals surface area contributed by atoms with Crippen molar-refractivity contribution in [2.75, 3.05) is 0 Å². The maximum atomic E-state index is 9.22. The van der Waals surface area contributed by atoms with Gasteiger partial charge in [0.15, 0.2) is 6.29 Å². The summed E-state index contributed by atoms with van der Waals surface area (Å²) in [5, 5.41) is 9.22. The molecule has 1 aliphatic heterocycles. The van der Waals surface area contributed by atoms with E-state index in [1.54, 1.807) is 0 Å². The predicted octanol–water partition coefficient (Wildman–Crippen LogP) is 0.707. The maximum Gasteiger partial charge on any atom is 0.156 e. The Bertz CT molecular complexity index is 106. The van der Waals surface area contributed by atoms with Crippen molar-refractivity contribution in [3.8, 4) is 0 Å². The van der Waals surface area contributed by atoms with Crippen LogP contribution in [0.15, 0.2) is 0 Å². The molecule has 1 rings (SSSR count). The predicted molar refractivity (Wildman–Crippen MR) is 39.8 cm³/mol. The van der Waals surface area contributed by atoms with Crippen molar-refractivity contribution in [2.24, 2.45) is 5.92 Å². The largest absolute Gasteiger partial charge is 0.368 e. The molecule has 4 atom stereocenters. The molecule has 0 bridgehead atoms. The summed E-state index contributed by atoms with van der Waals surface area (Å²) in [7, 11) is 5.72. The number of aliphatic hydroxyl groups is 1. The first-order chi connectivity index (χ1) is 4.61. The monoisotopic (exact) mass is 140 g/mol. The minimum atomic E-state index is -0.668. The van der Waals surface area contributed by atoms with Crippen LogP contribution in [0.2, 0.25) is 5.82 Å². The van der Waals surface area contributed by atoms with E-state index in [4.69, 9.17) is 12.6 Å². The highest BCUT2D eigenvalue weighted by molar-refractivity contribution is 6.11. The molecule has 0 saturated carbocycles. The van der Waals surface area contributed by atoms with E-state index in [-0.39, 0.29) is 17.8 Å². The van der Waals surface area contributed by atoms with Gasteiger partial charge in [0.05, 0.1) is 14.0 Å². The summed E-state index contributed by atoms with van der Waals surface area (Å²) >= 11 is 0. The highest BCUT2D eigenvalue weighted by Crippen LogP contribution is 2.30. The van der Waals surface area contributed by atoms with Crippen molar-refractivity contribution in [3.63, 3.8) is 0 Å². The van der Waals surface area contributed by atoms with Crippen molar-refractivity contribution < 1.29 is 9.84 Å². The second-order valence-electron chi connectivity index (χ2n) is 3.10. The molecule has 4 unspecified atom stereocenters. The molecule has 56 valence electrons. The van der Waals surface area contributed by atoms with Gasteiger partial charge < -0.3 is 9.84 Å². The van der Waals surface area contributed by atoms with E-state index in [0.29, 0.717) is 0 Å². The van der Waals surface area contributed by atoms with Crippen LogP contribution in [-0.4, -0.2) is 25.3 Å². The number of aliphatic hydroxyl groups excluding tert-OH is 1. The molecule has 0 aromatic heterocycles. The Labute approximate surface area is 63.0 Å². The fraction of sp³-hybridized carbons (Fsp3) is 1.00. The molecule has 10 heavy (non-hydrogen) atoms. The molecule has 1 fully saturated rings. The Morgan fingerprint density at radius 3 is 2.60 bits per heavy atom. The quantitative estimate of drug-likeness (QED) is 0.502. The van der Waals surface area contributed by atoms with Gasteiger partial charge in [-0.3, -0.25) is 0 Å². The minimum absolute atomic E-state index is 0.0659. The molecule has 1 N–H and O–H groups in total. The summed E-state index contributed by atoms with van der Waals surface area (Å²) < 4.78 is 5.14. The van der Waals surface area contributed by atoms with Crippen molar-refractivity contribution in [2.45, 2.75) is 38.5 Å². The zero-order chi connectivity index (χ0) is 7.72. The van der Waals surface area contributed by atoms with Crippen LogP contribution >= 0.6 is 0 Å². The number of rotatable bonds is 0. The Kier molecular flexibility index (Phi) is 2.37. The number of ether oxygens (including phenoxy) is 1. The van der Waals surface area contributed by atoms with Crippen molar-refractivity contribution in [1.29, 1.82) is 0 Å². The third kappa shape index (κ3) is 1.52. The lowest BCUT2D eigenvalue weighted by atomic mass is 9.72. The van der Waals surface area contributed by atoms with Crippen molar-refractivity contribution >= 4 is 7.85 Å². The average molecular weight is 140 g/mol. The van der Waals surface area contributed by atoms with Gasteiger partial charge >= 0.3 is 0 Å². The normalized spacial score (nSPS) is 49.1. The number of hydrogen-bond acceptors (Lipinski definition) is 2. The molecule has 0 aliphatic carbocycles. The zero-order valence-electron chi connectivity index (χ0n) is 6.45. The van der Waals surface area contributed by atoms with Crippen LogP contribution in [0, 0.1) is 5.92 Å². The second kappa shape index (κ2) is 2.93. The van der Waals surface area contributed by atoms with Crippen LogP contribution in [0.3, 0.4) is 0 Å². The third-order valence-corrected chi connectivity index (χ3v) is 2.10. The standard InChI is InChI=1S/C7H13BO2/c1-4-3-6(8)5(2)7(9)10-4/h4-7,9H,3H2,1-2H3. The van der Waals surface area contributed by atoms with Crippen LogP contribution < -0.4 is 0 Å². The first-order valence-electron chi connectivity index (χ1n) is 3.70. The molecule has 0 spiro atoms. The van der Waals surface area contributed by atoms with E-state index in [9.17, 15) is 5.11 Å². The molecule has 2 nitrogen and oxygen atoms in total. The molecular formula is C7H13BO2. The highest BCUT2D eigenvalue weighted by atomic mass is 16.6. The Morgan fingerprint density at radius 1 is 1.50 bits per heavy atom. The zero-order valence-corrected chi connectivity index (χ0v) is 6.45. The van der Waals surface area contributed by atoms with Gasteiger partial charge in [0.2, 0.25) is 0 Å². The lowest BCUT2D eigenvalue weighted by Gasteiger charge is -2.35. The molecule has 0 aromatic carbocycles. The minimum Gasteiger partial charge on any atom is -0.368 e. The van der Waals surface area contributed by atoms with Gasteiger partial charge in [-0.05, 0) is 13.3 Å². The SMILES string of the molecule is [B]C1CC(C)OC(O)C1C. The fourth-order valence-corrected chi connectivity index (χ4v) is 1.23. The third-order valence-electron chi connectivity index (χ3n) is 2.10. The molecule has 0 aromatic rings. The fourth-order valence-electron chi connectivity index (χ4n) is 1.23. The van der Waals surface area contributed by atoms with Crippen LogP contribution in [0.4, 0.5) is 0 Å². The Hall–Kier alpha value is -0.0151. The molecule has 0 amide bonds. The van der Waals surface area contributed by atoms with E-state index in [1.807, 2.05) is 13.8 Å². The topological polar surface area (TPSA) is 29.5 Å². The van der Waals surface area contributed by atoms with E-state index in [2.05, 4.69) is 0 Å².